The monoisotopic (exact) mass is 265 g/mol. The summed E-state index contributed by atoms with van der Waals surface area (Å²) in [6.45, 7) is 7.29. The molecule has 0 radical (unpaired) electrons. The SMILES string of the molecule is CC(C)(C(O)Cc1cnccc1N)N1CCOCC1. The average molecular weight is 265 g/mol. The number of anilines is 1. The Labute approximate surface area is 114 Å². The number of pyridine rings is 1. The summed E-state index contributed by atoms with van der Waals surface area (Å²) in [6, 6.07) is 1.77. The first-order chi connectivity index (χ1) is 9.01. The summed E-state index contributed by atoms with van der Waals surface area (Å²) in [7, 11) is 0. The van der Waals surface area contributed by atoms with Crippen LogP contribution < -0.4 is 5.73 Å². The van der Waals surface area contributed by atoms with Gasteiger partial charge in [-0.15, -0.1) is 0 Å². The lowest BCUT2D eigenvalue weighted by molar-refractivity contribution is -0.0611. The van der Waals surface area contributed by atoms with Crippen LogP contribution in [0.5, 0.6) is 0 Å². The Morgan fingerprint density at radius 2 is 2.16 bits per heavy atom. The highest BCUT2D eigenvalue weighted by Crippen LogP contribution is 2.24. The third kappa shape index (κ3) is 3.23. The Bertz CT molecular complexity index is 417. The number of morpholine rings is 1. The van der Waals surface area contributed by atoms with Crippen molar-refractivity contribution in [3.05, 3.63) is 24.0 Å². The molecule has 1 aliphatic heterocycles. The van der Waals surface area contributed by atoms with Crippen LogP contribution in [0.3, 0.4) is 0 Å². The topological polar surface area (TPSA) is 71.6 Å². The summed E-state index contributed by atoms with van der Waals surface area (Å²) in [6.07, 6.45) is 3.42. The molecule has 2 heterocycles. The highest BCUT2D eigenvalue weighted by Gasteiger charge is 2.35. The van der Waals surface area contributed by atoms with Crippen LogP contribution in [0, 0.1) is 0 Å². The molecule has 0 bridgehead atoms. The Balaban J connectivity index is 2.05. The quantitative estimate of drug-likeness (QED) is 0.837. The highest BCUT2D eigenvalue weighted by atomic mass is 16.5. The second kappa shape index (κ2) is 5.86. The lowest BCUT2D eigenvalue weighted by atomic mass is 9.89. The van der Waals surface area contributed by atoms with Gasteiger partial charge in [0.2, 0.25) is 0 Å². The maximum absolute atomic E-state index is 10.5. The van der Waals surface area contributed by atoms with Crippen LogP contribution >= 0.6 is 0 Å². The largest absolute Gasteiger partial charge is 0.398 e. The number of nitrogens with zero attached hydrogens (tertiary/aromatic N) is 2. The molecule has 19 heavy (non-hydrogen) atoms. The number of aliphatic hydroxyl groups is 1. The maximum atomic E-state index is 10.5. The van der Waals surface area contributed by atoms with Gasteiger partial charge >= 0.3 is 0 Å². The van der Waals surface area contributed by atoms with E-state index in [0.717, 1.165) is 31.9 Å². The van der Waals surface area contributed by atoms with E-state index in [1.807, 2.05) is 0 Å². The van der Waals surface area contributed by atoms with E-state index >= 15 is 0 Å². The van der Waals surface area contributed by atoms with Crippen molar-refractivity contribution in [2.45, 2.75) is 31.9 Å². The summed E-state index contributed by atoms with van der Waals surface area (Å²) in [4.78, 5) is 6.34. The zero-order chi connectivity index (χ0) is 13.9. The molecule has 1 unspecified atom stereocenters. The molecular weight excluding hydrogens is 242 g/mol. The second-order valence-electron chi connectivity index (χ2n) is 5.55. The van der Waals surface area contributed by atoms with Crippen molar-refractivity contribution in [3.63, 3.8) is 0 Å². The number of hydrogen-bond acceptors (Lipinski definition) is 5. The highest BCUT2D eigenvalue weighted by molar-refractivity contribution is 5.44. The van der Waals surface area contributed by atoms with Crippen LogP contribution in [0.15, 0.2) is 18.5 Å². The second-order valence-corrected chi connectivity index (χ2v) is 5.55. The first-order valence-electron chi connectivity index (χ1n) is 6.71. The molecule has 3 N–H and O–H groups in total. The summed E-state index contributed by atoms with van der Waals surface area (Å²) in [5, 5.41) is 10.5. The van der Waals surface area contributed by atoms with E-state index in [1.54, 1.807) is 18.5 Å². The van der Waals surface area contributed by atoms with Crippen molar-refractivity contribution in [2.24, 2.45) is 0 Å². The first-order valence-corrected chi connectivity index (χ1v) is 6.71. The first kappa shape index (κ1) is 14.2. The molecule has 0 amide bonds. The molecule has 0 spiro atoms. The molecule has 1 aromatic rings. The number of nitrogens with two attached hydrogens (primary N) is 1. The zero-order valence-corrected chi connectivity index (χ0v) is 11.7. The molecule has 2 rings (SSSR count). The number of nitrogen functional groups attached to an aromatic ring is 1. The normalized spacial score (nSPS) is 19.3. The molecule has 1 atom stereocenters. The fourth-order valence-electron chi connectivity index (χ4n) is 2.42. The standard InChI is InChI=1S/C14H23N3O2/c1-14(2,17-5-7-19-8-6-17)13(18)9-11-10-16-4-3-12(11)15/h3-4,10,13,18H,5-9H2,1-2H3,(H2,15,16). The van der Waals surface area contributed by atoms with Gasteiger partial charge in [-0.25, -0.2) is 0 Å². The minimum atomic E-state index is -0.489. The van der Waals surface area contributed by atoms with Crippen molar-refractivity contribution in [3.8, 4) is 0 Å². The van der Waals surface area contributed by atoms with Crippen molar-refractivity contribution in [1.82, 2.24) is 9.88 Å². The van der Waals surface area contributed by atoms with Gasteiger partial charge in [-0.3, -0.25) is 9.88 Å². The third-order valence-corrected chi connectivity index (χ3v) is 4.00. The molecule has 1 saturated heterocycles. The van der Waals surface area contributed by atoms with E-state index in [2.05, 4.69) is 23.7 Å². The van der Waals surface area contributed by atoms with E-state index in [9.17, 15) is 5.11 Å². The predicted molar refractivity (Wildman–Crippen MR) is 74.8 cm³/mol. The van der Waals surface area contributed by atoms with Crippen LogP contribution in [0.2, 0.25) is 0 Å². The summed E-state index contributed by atoms with van der Waals surface area (Å²) in [5.41, 5.74) is 7.19. The van der Waals surface area contributed by atoms with Gasteiger partial charge in [0.15, 0.2) is 0 Å². The van der Waals surface area contributed by atoms with Crippen molar-refractivity contribution >= 4 is 5.69 Å². The molecule has 1 aromatic heterocycles. The van der Waals surface area contributed by atoms with Gasteiger partial charge in [-0.1, -0.05) is 0 Å². The van der Waals surface area contributed by atoms with E-state index in [-0.39, 0.29) is 5.54 Å². The summed E-state index contributed by atoms with van der Waals surface area (Å²) >= 11 is 0. The van der Waals surface area contributed by atoms with Crippen LogP contribution in [-0.4, -0.2) is 52.9 Å². The van der Waals surface area contributed by atoms with Crippen LogP contribution in [0.4, 0.5) is 5.69 Å². The van der Waals surface area contributed by atoms with Gasteiger partial charge in [0.05, 0.1) is 19.3 Å². The van der Waals surface area contributed by atoms with E-state index in [1.165, 1.54) is 0 Å². The molecular formula is C14H23N3O2. The minimum absolute atomic E-state index is 0.300. The van der Waals surface area contributed by atoms with Crippen LogP contribution in [-0.2, 0) is 11.2 Å². The van der Waals surface area contributed by atoms with Gasteiger partial charge in [0, 0.05) is 43.1 Å². The number of ether oxygens (including phenoxy) is 1. The molecule has 0 aliphatic carbocycles. The molecule has 5 nitrogen and oxygen atoms in total. The molecule has 106 valence electrons. The van der Waals surface area contributed by atoms with Gasteiger partial charge in [-0.05, 0) is 25.5 Å². The molecule has 1 aliphatic rings. The number of rotatable bonds is 4. The Kier molecular flexibility index (Phi) is 4.39. The van der Waals surface area contributed by atoms with Crippen LogP contribution in [0.1, 0.15) is 19.4 Å². The average Bonchev–Trinajstić information content (AvgIpc) is 2.42. The van der Waals surface area contributed by atoms with E-state index < -0.39 is 6.10 Å². The fraction of sp³-hybridized carbons (Fsp3) is 0.643. The lowest BCUT2D eigenvalue weighted by Gasteiger charge is -2.43. The molecule has 0 saturated carbocycles. The Morgan fingerprint density at radius 1 is 1.47 bits per heavy atom. The molecule has 0 aromatic carbocycles. The van der Waals surface area contributed by atoms with Gasteiger partial charge in [-0.2, -0.15) is 0 Å². The van der Waals surface area contributed by atoms with E-state index in [0.29, 0.717) is 12.1 Å². The van der Waals surface area contributed by atoms with Crippen molar-refractivity contribution < 1.29 is 9.84 Å². The van der Waals surface area contributed by atoms with Gasteiger partial charge in [0.1, 0.15) is 0 Å². The lowest BCUT2D eigenvalue weighted by Crippen LogP contribution is -2.56. The Morgan fingerprint density at radius 3 is 2.79 bits per heavy atom. The number of hydrogen-bond donors (Lipinski definition) is 2. The third-order valence-electron chi connectivity index (χ3n) is 4.00. The summed E-state index contributed by atoms with van der Waals surface area (Å²) in [5.74, 6) is 0. The van der Waals surface area contributed by atoms with E-state index in [4.69, 9.17) is 10.5 Å². The molecule has 1 fully saturated rings. The van der Waals surface area contributed by atoms with Crippen LogP contribution in [0.25, 0.3) is 0 Å². The Hall–Kier alpha value is -1.17. The molecule has 5 heteroatoms. The smallest absolute Gasteiger partial charge is 0.0760 e. The predicted octanol–water partition coefficient (Wildman–Crippen LogP) is 0.678. The van der Waals surface area contributed by atoms with Gasteiger partial charge in [0.25, 0.3) is 0 Å². The number of aliphatic hydroxyl groups excluding tert-OH is 1. The zero-order valence-electron chi connectivity index (χ0n) is 11.7. The minimum Gasteiger partial charge on any atom is -0.398 e. The van der Waals surface area contributed by atoms with Crippen molar-refractivity contribution in [1.29, 1.82) is 0 Å². The number of aromatic nitrogens is 1. The fourth-order valence-corrected chi connectivity index (χ4v) is 2.42. The summed E-state index contributed by atoms with van der Waals surface area (Å²) < 4.78 is 5.36. The maximum Gasteiger partial charge on any atom is 0.0760 e. The van der Waals surface area contributed by atoms with Crippen molar-refractivity contribution in [2.75, 3.05) is 32.0 Å². The van der Waals surface area contributed by atoms with Gasteiger partial charge < -0.3 is 15.6 Å².